The lowest BCUT2D eigenvalue weighted by molar-refractivity contribution is 0.0985. The van der Waals surface area contributed by atoms with Gasteiger partial charge in [0.05, 0.1) is 11.4 Å². The SMILES string of the molecule is CCCc1nnsc1C(=O)CCCS(=O)(=O)CC. The van der Waals surface area contributed by atoms with Crippen LogP contribution >= 0.6 is 11.5 Å². The maximum absolute atomic E-state index is 11.9. The molecule has 102 valence electrons. The molecule has 0 aliphatic carbocycles. The average molecular weight is 290 g/mol. The van der Waals surface area contributed by atoms with E-state index in [-0.39, 0.29) is 23.7 Å². The van der Waals surface area contributed by atoms with E-state index in [9.17, 15) is 13.2 Å². The molecule has 0 N–H and O–H groups in total. The molecule has 7 heteroatoms. The van der Waals surface area contributed by atoms with Crippen molar-refractivity contribution in [2.75, 3.05) is 11.5 Å². The molecule has 0 saturated carbocycles. The van der Waals surface area contributed by atoms with Gasteiger partial charge < -0.3 is 0 Å². The standard InChI is InChI=1S/C11H18N2O3S2/c1-3-6-9-11(17-13-12-9)10(14)7-5-8-18(15,16)4-2/h3-8H2,1-2H3. The van der Waals surface area contributed by atoms with Crippen LogP contribution in [0.3, 0.4) is 0 Å². The highest BCUT2D eigenvalue weighted by atomic mass is 32.2. The lowest BCUT2D eigenvalue weighted by Gasteiger charge is -2.01. The molecule has 1 rings (SSSR count). The van der Waals surface area contributed by atoms with E-state index in [4.69, 9.17) is 0 Å². The van der Waals surface area contributed by atoms with Crippen LogP contribution in [0.1, 0.15) is 48.5 Å². The summed E-state index contributed by atoms with van der Waals surface area (Å²) in [5.74, 6) is 0.161. The number of rotatable bonds is 8. The van der Waals surface area contributed by atoms with Crippen LogP contribution in [0.4, 0.5) is 0 Å². The van der Waals surface area contributed by atoms with Gasteiger partial charge in [-0.1, -0.05) is 24.8 Å². The Hall–Kier alpha value is -0.820. The summed E-state index contributed by atoms with van der Waals surface area (Å²) in [5.41, 5.74) is 0.742. The molecule has 0 aliphatic heterocycles. The number of carbonyl (C=O) groups is 1. The van der Waals surface area contributed by atoms with Crippen LogP contribution in [0, 0.1) is 0 Å². The molecule has 0 fully saturated rings. The summed E-state index contributed by atoms with van der Waals surface area (Å²) in [5, 5.41) is 3.93. The number of nitrogens with zero attached hydrogens (tertiary/aromatic N) is 2. The van der Waals surface area contributed by atoms with Crippen molar-refractivity contribution >= 4 is 27.2 Å². The molecule has 0 saturated heterocycles. The molecule has 0 amide bonds. The van der Waals surface area contributed by atoms with Crippen LogP contribution in [-0.2, 0) is 16.3 Å². The number of hydrogen-bond donors (Lipinski definition) is 0. The fourth-order valence-electron chi connectivity index (χ4n) is 1.53. The number of aromatic nitrogens is 2. The highest BCUT2D eigenvalue weighted by Gasteiger charge is 2.16. The number of hydrogen-bond acceptors (Lipinski definition) is 6. The van der Waals surface area contributed by atoms with E-state index in [2.05, 4.69) is 9.59 Å². The molecule has 1 heterocycles. The van der Waals surface area contributed by atoms with Crippen molar-refractivity contribution in [2.24, 2.45) is 0 Å². The minimum Gasteiger partial charge on any atom is -0.293 e. The Kier molecular flexibility index (Phi) is 5.87. The van der Waals surface area contributed by atoms with Gasteiger partial charge in [0.1, 0.15) is 14.7 Å². The Balaban J connectivity index is 2.53. The van der Waals surface area contributed by atoms with Crippen LogP contribution in [0.25, 0.3) is 0 Å². The molecule has 1 aromatic heterocycles. The number of carbonyl (C=O) groups excluding carboxylic acids is 1. The van der Waals surface area contributed by atoms with Gasteiger partial charge in [-0.05, 0) is 24.4 Å². The fraction of sp³-hybridized carbons (Fsp3) is 0.727. The van der Waals surface area contributed by atoms with Crippen LogP contribution in [-0.4, -0.2) is 35.3 Å². The Morgan fingerprint density at radius 3 is 2.67 bits per heavy atom. The number of aryl methyl sites for hydroxylation is 1. The molecule has 0 aromatic carbocycles. The number of sulfone groups is 1. The van der Waals surface area contributed by atoms with E-state index >= 15 is 0 Å². The maximum atomic E-state index is 11.9. The van der Waals surface area contributed by atoms with Gasteiger partial charge >= 0.3 is 0 Å². The number of Topliss-reactive ketones (excluding diaryl/α,β-unsaturated/α-hetero) is 1. The molecule has 5 nitrogen and oxygen atoms in total. The number of ketones is 1. The first-order valence-corrected chi connectivity index (χ1v) is 8.64. The molecular weight excluding hydrogens is 272 g/mol. The first-order chi connectivity index (χ1) is 8.50. The molecule has 0 aliphatic rings. The normalized spacial score (nSPS) is 11.7. The lowest BCUT2D eigenvalue weighted by Crippen LogP contribution is -2.10. The van der Waals surface area contributed by atoms with Crippen molar-refractivity contribution < 1.29 is 13.2 Å². The van der Waals surface area contributed by atoms with E-state index < -0.39 is 9.84 Å². The van der Waals surface area contributed by atoms with Crippen molar-refractivity contribution in [2.45, 2.75) is 39.5 Å². The van der Waals surface area contributed by atoms with E-state index in [1.165, 1.54) is 0 Å². The molecule has 1 aromatic rings. The second-order valence-corrected chi connectivity index (χ2v) is 7.29. The molecule has 0 spiro atoms. The van der Waals surface area contributed by atoms with Crippen molar-refractivity contribution in [3.8, 4) is 0 Å². The third kappa shape index (κ3) is 4.45. The Bertz CT molecular complexity index is 494. The van der Waals surface area contributed by atoms with Gasteiger partial charge in [0.2, 0.25) is 0 Å². The Morgan fingerprint density at radius 1 is 1.33 bits per heavy atom. The largest absolute Gasteiger partial charge is 0.293 e. The maximum Gasteiger partial charge on any atom is 0.176 e. The first kappa shape index (κ1) is 15.2. The van der Waals surface area contributed by atoms with Crippen molar-refractivity contribution in [3.05, 3.63) is 10.6 Å². The summed E-state index contributed by atoms with van der Waals surface area (Å²) in [6, 6.07) is 0. The van der Waals surface area contributed by atoms with Crippen LogP contribution in [0.15, 0.2) is 0 Å². The van der Waals surface area contributed by atoms with Crippen LogP contribution in [0.2, 0.25) is 0 Å². The van der Waals surface area contributed by atoms with E-state index in [1.54, 1.807) is 6.92 Å². The third-order valence-electron chi connectivity index (χ3n) is 2.59. The van der Waals surface area contributed by atoms with E-state index in [0.29, 0.717) is 11.3 Å². The van der Waals surface area contributed by atoms with Gasteiger partial charge in [-0.15, -0.1) is 5.10 Å². The van der Waals surface area contributed by atoms with Crippen molar-refractivity contribution in [1.82, 2.24) is 9.59 Å². The van der Waals surface area contributed by atoms with Gasteiger partial charge in [-0.2, -0.15) is 0 Å². The molecule has 18 heavy (non-hydrogen) atoms. The minimum atomic E-state index is -2.98. The van der Waals surface area contributed by atoms with Crippen molar-refractivity contribution in [3.63, 3.8) is 0 Å². The van der Waals surface area contributed by atoms with Gasteiger partial charge in [0.25, 0.3) is 0 Å². The zero-order valence-corrected chi connectivity index (χ0v) is 12.3. The molecular formula is C11H18N2O3S2. The van der Waals surface area contributed by atoms with Gasteiger partial charge in [0.15, 0.2) is 5.78 Å². The van der Waals surface area contributed by atoms with Crippen LogP contribution < -0.4 is 0 Å². The first-order valence-electron chi connectivity index (χ1n) is 6.05. The monoisotopic (exact) mass is 290 g/mol. The van der Waals surface area contributed by atoms with Gasteiger partial charge in [0, 0.05) is 12.2 Å². The predicted molar refractivity (Wildman–Crippen MR) is 71.8 cm³/mol. The van der Waals surface area contributed by atoms with E-state index in [0.717, 1.165) is 30.1 Å². The quantitative estimate of drug-likeness (QED) is 0.683. The third-order valence-corrected chi connectivity index (χ3v) is 5.19. The minimum absolute atomic E-state index is 0.0419. The molecule has 0 atom stereocenters. The molecule has 0 bridgehead atoms. The second kappa shape index (κ2) is 6.94. The molecule has 0 unspecified atom stereocenters. The topological polar surface area (TPSA) is 77.0 Å². The van der Waals surface area contributed by atoms with Gasteiger partial charge in [-0.3, -0.25) is 4.79 Å². The van der Waals surface area contributed by atoms with Gasteiger partial charge in [-0.25, -0.2) is 8.42 Å². The zero-order valence-electron chi connectivity index (χ0n) is 10.7. The Morgan fingerprint density at radius 2 is 2.06 bits per heavy atom. The summed E-state index contributed by atoms with van der Waals surface area (Å²) in [6.45, 7) is 3.63. The second-order valence-electron chi connectivity index (χ2n) is 4.06. The fourth-order valence-corrected chi connectivity index (χ4v) is 3.08. The summed E-state index contributed by atoms with van der Waals surface area (Å²) < 4.78 is 26.4. The van der Waals surface area contributed by atoms with E-state index in [1.807, 2.05) is 6.92 Å². The summed E-state index contributed by atoms with van der Waals surface area (Å²) in [6.07, 6.45) is 2.28. The van der Waals surface area contributed by atoms with Crippen LogP contribution in [0.5, 0.6) is 0 Å². The molecule has 0 radical (unpaired) electrons. The highest BCUT2D eigenvalue weighted by molar-refractivity contribution is 7.91. The summed E-state index contributed by atoms with van der Waals surface area (Å²) in [4.78, 5) is 12.5. The Labute approximate surface area is 112 Å². The highest BCUT2D eigenvalue weighted by Crippen LogP contribution is 2.16. The lowest BCUT2D eigenvalue weighted by atomic mass is 10.1. The zero-order chi connectivity index (χ0) is 13.6. The smallest absolute Gasteiger partial charge is 0.176 e. The summed E-state index contributed by atoms with van der Waals surface area (Å²) >= 11 is 1.10. The average Bonchev–Trinajstić information content (AvgIpc) is 2.77. The predicted octanol–water partition coefficient (Wildman–Crippen LogP) is 1.89. The van der Waals surface area contributed by atoms with Crippen molar-refractivity contribution in [1.29, 1.82) is 0 Å². The summed E-state index contributed by atoms with van der Waals surface area (Å²) in [7, 11) is -2.98.